The lowest BCUT2D eigenvalue weighted by Crippen LogP contribution is -1.77. The van der Waals surface area contributed by atoms with Crippen molar-refractivity contribution in [3.05, 3.63) is 53.7 Å². The van der Waals surface area contributed by atoms with Gasteiger partial charge in [0.05, 0.1) is 0 Å². The van der Waals surface area contributed by atoms with Gasteiger partial charge in [-0.25, -0.2) is 4.98 Å². The van der Waals surface area contributed by atoms with Crippen LogP contribution in [0.1, 0.15) is 0 Å². The highest BCUT2D eigenvalue weighted by Gasteiger charge is 1.97. The molecular formula is C11H8ClNS. The molecule has 1 nitrogen and oxygen atoms in total. The van der Waals surface area contributed by atoms with Crippen LogP contribution in [-0.4, -0.2) is 4.98 Å². The molecule has 3 heteroatoms. The molecule has 0 bridgehead atoms. The molecule has 0 radical (unpaired) electrons. The summed E-state index contributed by atoms with van der Waals surface area (Å²) in [6.45, 7) is 0. The molecule has 0 amide bonds. The first kappa shape index (κ1) is 9.56. The van der Waals surface area contributed by atoms with Gasteiger partial charge >= 0.3 is 0 Å². The summed E-state index contributed by atoms with van der Waals surface area (Å²) >= 11 is 7.48. The van der Waals surface area contributed by atoms with Crippen LogP contribution in [0.4, 0.5) is 0 Å². The zero-order valence-corrected chi connectivity index (χ0v) is 8.92. The van der Waals surface area contributed by atoms with Crippen LogP contribution < -0.4 is 0 Å². The van der Waals surface area contributed by atoms with Crippen LogP contribution in [0.2, 0.25) is 5.02 Å². The van der Waals surface area contributed by atoms with E-state index in [1.807, 2.05) is 42.5 Å². The molecule has 70 valence electrons. The molecule has 14 heavy (non-hydrogen) atoms. The van der Waals surface area contributed by atoms with Crippen molar-refractivity contribution in [2.45, 2.75) is 9.92 Å². The van der Waals surface area contributed by atoms with E-state index in [0.29, 0.717) is 0 Å². The first-order valence-electron chi connectivity index (χ1n) is 4.19. The van der Waals surface area contributed by atoms with Gasteiger partial charge in [-0.15, -0.1) is 0 Å². The second kappa shape index (κ2) is 4.49. The average molecular weight is 222 g/mol. The van der Waals surface area contributed by atoms with Crippen molar-refractivity contribution in [2.75, 3.05) is 0 Å². The highest BCUT2D eigenvalue weighted by molar-refractivity contribution is 7.99. The second-order valence-electron chi connectivity index (χ2n) is 2.73. The van der Waals surface area contributed by atoms with Gasteiger partial charge in [-0.3, -0.25) is 0 Å². The van der Waals surface area contributed by atoms with Crippen molar-refractivity contribution in [2.24, 2.45) is 0 Å². The SMILES string of the molecule is Clc1cccc(Sc2ccccn2)c1. The van der Waals surface area contributed by atoms with Crippen LogP contribution in [0.3, 0.4) is 0 Å². The molecule has 0 N–H and O–H groups in total. The maximum atomic E-state index is 5.88. The number of pyridine rings is 1. The van der Waals surface area contributed by atoms with Gasteiger partial charge < -0.3 is 0 Å². The second-order valence-corrected chi connectivity index (χ2v) is 4.26. The Kier molecular flexibility index (Phi) is 3.07. The Bertz CT molecular complexity index is 417. The van der Waals surface area contributed by atoms with Crippen molar-refractivity contribution in [1.29, 1.82) is 0 Å². The summed E-state index contributed by atoms with van der Waals surface area (Å²) in [5.41, 5.74) is 0. The normalized spacial score (nSPS) is 10.1. The van der Waals surface area contributed by atoms with E-state index in [9.17, 15) is 0 Å². The van der Waals surface area contributed by atoms with E-state index in [0.717, 1.165) is 14.9 Å². The van der Waals surface area contributed by atoms with Crippen LogP contribution in [0.25, 0.3) is 0 Å². The van der Waals surface area contributed by atoms with E-state index >= 15 is 0 Å². The Hall–Kier alpha value is -0.990. The van der Waals surface area contributed by atoms with E-state index in [4.69, 9.17) is 11.6 Å². The lowest BCUT2D eigenvalue weighted by molar-refractivity contribution is 1.13. The van der Waals surface area contributed by atoms with Crippen LogP contribution >= 0.6 is 23.4 Å². The van der Waals surface area contributed by atoms with Gasteiger partial charge in [0, 0.05) is 16.1 Å². The van der Waals surface area contributed by atoms with Crippen molar-refractivity contribution >= 4 is 23.4 Å². The molecule has 2 aromatic rings. The summed E-state index contributed by atoms with van der Waals surface area (Å²) in [5, 5.41) is 1.74. The number of hydrogen-bond acceptors (Lipinski definition) is 2. The summed E-state index contributed by atoms with van der Waals surface area (Å²) in [6.07, 6.45) is 1.78. The third kappa shape index (κ3) is 2.50. The zero-order chi connectivity index (χ0) is 9.80. The fourth-order valence-corrected chi connectivity index (χ4v) is 2.15. The Balaban J connectivity index is 2.19. The van der Waals surface area contributed by atoms with E-state index in [2.05, 4.69) is 4.98 Å². The Labute approximate surface area is 92.1 Å². The third-order valence-corrected chi connectivity index (χ3v) is 2.83. The summed E-state index contributed by atoms with van der Waals surface area (Å²) in [6, 6.07) is 13.6. The number of rotatable bonds is 2. The smallest absolute Gasteiger partial charge is 0.101 e. The van der Waals surface area contributed by atoms with Crippen molar-refractivity contribution < 1.29 is 0 Å². The average Bonchev–Trinajstić information content (AvgIpc) is 2.19. The van der Waals surface area contributed by atoms with E-state index in [1.165, 1.54) is 0 Å². The monoisotopic (exact) mass is 221 g/mol. The van der Waals surface area contributed by atoms with Gasteiger partial charge in [-0.05, 0) is 30.3 Å². The van der Waals surface area contributed by atoms with Gasteiger partial charge in [-0.2, -0.15) is 0 Å². The van der Waals surface area contributed by atoms with Crippen molar-refractivity contribution in [3.63, 3.8) is 0 Å². The minimum atomic E-state index is 0.755. The molecule has 2 rings (SSSR count). The lowest BCUT2D eigenvalue weighted by atomic mass is 10.4. The quantitative estimate of drug-likeness (QED) is 0.763. The maximum Gasteiger partial charge on any atom is 0.101 e. The van der Waals surface area contributed by atoms with Gasteiger partial charge in [0.15, 0.2) is 0 Å². The van der Waals surface area contributed by atoms with E-state index < -0.39 is 0 Å². The van der Waals surface area contributed by atoms with Crippen LogP contribution in [0.5, 0.6) is 0 Å². The Morgan fingerprint density at radius 3 is 2.71 bits per heavy atom. The van der Waals surface area contributed by atoms with Crippen LogP contribution in [0.15, 0.2) is 58.6 Å². The number of aromatic nitrogens is 1. The summed E-state index contributed by atoms with van der Waals surface area (Å²) in [4.78, 5) is 5.33. The molecule has 1 aromatic carbocycles. The number of benzene rings is 1. The van der Waals surface area contributed by atoms with Gasteiger partial charge in [0.1, 0.15) is 5.03 Å². The first-order chi connectivity index (χ1) is 6.84. The van der Waals surface area contributed by atoms with E-state index in [-0.39, 0.29) is 0 Å². The Morgan fingerprint density at radius 2 is 2.00 bits per heavy atom. The molecule has 0 fully saturated rings. The molecule has 1 heterocycles. The predicted molar refractivity (Wildman–Crippen MR) is 59.8 cm³/mol. The van der Waals surface area contributed by atoms with Crippen molar-refractivity contribution in [3.8, 4) is 0 Å². The molecule has 0 spiro atoms. The minimum absolute atomic E-state index is 0.755. The fraction of sp³-hybridized carbons (Fsp3) is 0. The largest absolute Gasteiger partial charge is 0.250 e. The lowest BCUT2D eigenvalue weighted by Gasteiger charge is -1.99. The molecule has 0 unspecified atom stereocenters. The van der Waals surface area contributed by atoms with Gasteiger partial charge in [0.25, 0.3) is 0 Å². The molecule has 0 aliphatic carbocycles. The molecular weight excluding hydrogens is 214 g/mol. The van der Waals surface area contributed by atoms with E-state index in [1.54, 1.807) is 18.0 Å². The van der Waals surface area contributed by atoms with Crippen LogP contribution in [-0.2, 0) is 0 Å². The molecule has 0 saturated heterocycles. The van der Waals surface area contributed by atoms with Crippen molar-refractivity contribution in [1.82, 2.24) is 4.98 Å². The topological polar surface area (TPSA) is 12.9 Å². The molecule has 0 atom stereocenters. The zero-order valence-electron chi connectivity index (χ0n) is 7.35. The predicted octanol–water partition coefficient (Wildman–Crippen LogP) is 3.89. The Morgan fingerprint density at radius 1 is 1.07 bits per heavy atom. The summed E-state index contributed by atoms with van der Waals surface area (Å²) < 4.78 is 0. The number of hydrogen-bond donors (Lipinski definition) is 0. The fourth-order valence-electron chi connectivity index (χ4n) is 1.06. The number of halogens is 1. The molecule has 0 saturated carbocycles. The first-order valence-corrected chi connectivity index (χ1v) is 5.38. The standard InChI is InChI=1S/C11H8ClNS/c12-9-4-3-5-10(8-9)14-11-6-1-2-7-13-11/h1-8H. The molecule has 0 aliphatic heterocycles. The summed E-state index contributed by atoms with van der Waals surface area (Å²) in [5.74, 6) is 0. The highest BCUT2D eigenvalue weighted by Crippen LogP contribution is 2.27. The maximum absolute atomic E-state index is 5.88. The van der Waals surface area contributed by atoms with Gasteiger partial charge in [-0.1, -0.05) is 35.5 Å². The third-order valence-electron chi connectivity index (χ3n) is 1.66. The van der Waals surface area contributed by atoms with Gasteiger partial charge in [0.2, 0.25) is 0 Å². The molecule has 0 aliphatic rings. The highest BCUT2D eigenvalue weighted by atomic mass is 35.5. The summed E-state index contributed by atoms with van der Waals surface area (Å²) in [7, 11) is 0. The number of nitrogens with zero attached hydrogens (tertiary/aromatic N) is 1. The van der Waals surface area contributed by atoms with Crippen LogP contribution in [0, 0.1) is 0 Å². The molecule has 1 aromatic heterocycles. The minimum Gasteiger partial charge on any atom is -0.250 e.